The van der Waals surface area contributed by atoms with Crippen LogP contribution in [-0.4, -0.2) is 46.2 Å². The maximum absolute atomic E-state index is 13.8. The standard InChI is InChI=1S/C25H30F2N4O2/c1-16(2)24(31-15-29-22-10-20(26)21(27)11-23(22)31)25(32)28-12-18-5-4-6-19(9-18)14-30-7-8-33-17(3)13-30/h4-6,9-11,15-17,24H,7-8,12-14H2,1-3H3,(H,28,32). The minimum Gasteiger partial charge on any atom is -0.376 e. The van der Waals surface area contributed by atoms with Gasteiger partial charge >= 0.3 is 0 Å². The third-order valence-electron chi connectivity index (χ3n) is 6.01. The number of ether oxygens (including phenoxy) is 1. The Kier molecular flexibility index (Phi) is 7.05. The number of nitrogens with one attached hydrogen (secondary N) is 1. The Bertz CT molecular complexity index is 1130. The van der Waals surface area contributed by atoms with Crippen LogP contribution < -0.4 is 5.32 Å². The highest BCUT2D eigenvalue weighted by molar-refractivity contribution is 5.84. The van der Waals surface area contributed by atoms with Crippen molar-refractivity contribution in [1.29, 1.82) is 0 Å². The Morgan fingerprint density at radius 3 is 2.73 bits per heavy atom. The van der Waals surface area contributed by atoms with Crippen LogP contribution in [0.1, 0.15) is 37.9 Å². The van der Waals surface area contributed by atoms with E-state index >= 15 is 0 Å². The van der Waals surface area contributed by atoms with Crippen LogP contribution >= 0.6 is 0 Å². The molecule has 176 valence electrons. The fraction of sp³-hybridized carbons (Fsp3) is 0.440. The number of nitrogens with zero attached hydrogens (tertiary/aromatic N) is 3. The summed E-state index contributed by atoms with van der Waals surface area (Å²) in [5.41, 5.74) is 2.91. The Labute approximate surface area is 192 Å². The molecule has 4 rings (SSSR count). The minimum absolute atomic E-state index is 0.0786. The summed E-state index contributed by atoms with van der Waals surface area (Å²) in [4.78, 5) is 19.7. The lowest BCUT2D eigenvalue weighted by Gasteiger charge is -2.31. The first-order valence-corrected chi connectivity index (χ1v) is 11.3. The van der Waals surface area contributed by atoms with Crippen molar-refractivity contribution >= 4 is 16.9 Å². The van der Waals surface area contributed by atoms with E-state index in [2.05, 4.69) is 34.3 Å². The molecule has 1 aliphatic rings. The zero-order valence-electron chi connectivity index (χ0n) is 19.2. The summed E-state index contributed by atoms with van der Waals surface area (Å²) in [6.07, 6.45) is 1.70. The number of hydrogen-bond donors (Lipinski definition) is 1. The molecular weight excluding hydrogens is 426 g/mol. The zero-order chi connectivity index (χ0) is 23.5. The highest BCUT2D eigenvalue weighted by atomic mass is 19.2. The Morgan fingerprint density at radius 2 is 1.97 bits per heavy atom. The molecule has 2 aromatic carbocycles. The molecule has 0 aliphatic carbocycles. The smallest absolute Gasteiger partial charge is 0.243 e. The molecule has 33 heavy (non-hydrogen) atoms. The highest BCUT2D eigenvalue weighted by Crippen LogP contribution is 2.25. The molecule has 1 aromatic heterocycles. The molecule has 8 heteroatoms. The number of carbonyl (C=O) groups excluding carboxylic acids is 1. The van der Waals surface area contributed by atoms with Gasteiger partial charge in [-0.1, -0.05) is 38.1 Å². The molecule has 0 bridgehead atoms. The first kappa shape index (κ1) is 23.3. The van der Waals surface area contributed by atoms with E-state index in [9.17, 15) is 13.6 Å². The quantitative estimate of drug-likeness (QED) is 0.583. The lowest BCUT2D eigenvalue weighted by atomic mass is 10.0. The number of benzene rings is 2. The lowest BCUT2D eigenvalue weighted by Crippen LogP contribution is -2.40. The lowest BCUT2D eigenvalue weighted by molar-refractivity contribution is -0.125. The fourth-order valence-corrected chi connectivity index (χ4v) is 4.42. The molecule has 1 amide bonds. The van der Waals surface area contributed by atoms with E-state index < -0.39 is 17.7 Å². The fourth-order valence-electron chi connectivity index (χ4n) is 4.42. The summed E-state index contributed by atoms with van der Waals surface area (Å²) in [5.74, 6) is -2.19. The summed E-state index contributed by atoms with van der Waals surface area (Å²) in [5, 5.41) is 3.01. The average molecular weight is 457 g/mol. The van der Waals surface area contributed by atoms with E-state index in [1.54, 1.807) is 4.57 Å². The molecule has 2 atom stereocenters. The summed E-state index contributed by atoms with van der Waals surface area (Å²) in [7, 11) is 0. The van der Waals surface area contributed by atoms with E-state index in [-0.39, 0.29) is 17.9 Å². The SMILES string of the molecule is CC1CN(Cc2cccc(CNC(=O)C(C(C)C)n3cnc4cc(F)c(F)cc43)c2)CCO1. The first-order valence-electron chi connectivity index (χ1n) is 11.3. The Morgan fingerprint density at radius 1 is 1.21 bits per heavy atom. The molecular formula is C25H30F2N4O2. The van der Waals surface area contributed by atoms with Crippen molar-refractivity contribution in [1.82, 2.24) is 19.8 Å². The van der Waals surface area contributed by atoms with Crippen molar-refractivity contribution in [3.05, 3.63) is 65.5 Å². The maximum atomic E-state index is 13.8. The van der Waals surface area contributed by atoms with Crippen LogP contribution in [0.3, 0.4) is 0 Å². The highest BCUT2D eigenvalue weighted by Gasteiger charge is 2.26. The van der Waals surface area contributed by atoms with Crippen molar-refractivity contribution < 1.29 is 18.3 Å². The van der Waals surface area contributed by atoms with Gasteiger partial charge in [-0.05, 0) is 24.0 Å². The van der Waals surface area contributed by atoms with E-state index in [0.29, 0.717) is 17.6 Å². The van der Waals surface area contributed by atoms with Gasteiger partial charge in [-0.25, -0.2) is 13.8 Å². The van der Waals surface area contributed by atoms with E-state index in [0.717, 1.165) is 43.9 Å². The Balaban J connectivity index is 1.45. The van der Waals surface area contributed by atoms with E-state index in [4.69, 9.17) is 4.74 Å². The van der Waals surface area contributed by atoms with Crippen molar-refractivity contribution in [3.8, 4) is 0 Å². The molecule has 1 aliphatic heterocycles. The van der Waals surface area contributed by atoms with Crippen molar-refractivity contribution in [2.75, 3.05) is 19.7 Å². The number of amides is 1. The molecule has 2 unspecified atom stereocenters. The van der Waals surface area contributed by atoms with Crippen LogP contribution in [-0.2, 0) is 22.6 Å². The van der Waals surface area contributed by atoms with Gasteiger partial charge in [-0.2, -0.15) is 0 Å². The van der Waals surface area contributed by atoms with Crippen molar-refractivity contribution in [2.45, 2.75) is 46.0 Å². The number of morpholine rings is 1. The summed E-state index contributed by atoms with van der Waals surface area (Å²) >= 11 is 0. The number of fused-ring (bicyclic) bond motifs is 1. The monoisotopic (exact) mass is 456 g/mol. The van der Waals surface area contributed by atoms with Gasteiger partial charge in [-0.15, -0.1) is 0 Å². The minimum atomic E-state index is -0.960. The third kappa shape index (κ3) is 5.39. The van der Waals surface area contributed by atoms with Gasteiger partial charge in [0.05, 0.1) is 30.1 Å². The second-order valence-corrected chi connectivity index (χ2v) is 9.05. The van der Waals surface area contributed by atoms with Crippen LogP contribution in [0.15, 0.2) is 42.7 Å². The summed E-state index contributed by atoms with van der Waals surface area (Å²) in [6, 6.07) is 9.73. The van der Waals surface area contributed by atoms with Crippen molar-refractivity contribution in [3.63, 3.8) is 0 Å². The molecule has 0 spiro atoms. The predicted molar refractivity (Wildman–Crippen MR) is 123 cm³/mol. The third-order valence-corrected chi connectivity index (χ3v) is 6.01. The Hall–Kier alpha value is -2.84. The number of aromatic nitrogens is 2. The first-order chi connectivity index (χ1) is 15.8. The van der Waals surface area contributed by atoms with Gasteiger partial charge in [0.25, 0.3) is 0 Å². The number of carbonyl (C=O) groups is 1. The van der Waals surface area contributed by atoms with Crippen LogP contribution in [0.5, 0.6) is 0 Å². The molecule has 3 aromatic rings. The number of imidazole rings is 1. The molecule has 0 radical (unpaired) electrons. The maximum Gasteiger partial charge on any atom is 0.243 e. The largest absolute Gasteiger partial charge is 0.376 e. The van der Waals surface area contributed by atoms with Gasteiger partial charge in [0.1, 0.15) is 6.04 Å². The van der Waals surface area contributed by atoms with E-state index in [1.807, 2.05) is 26.0 Å². The number of hydrogen-bond acceptors (Lipinski definition) is 4. The molecule has 6 nitrogen and oxygen atoms in total. The van der Waals surface area contributed by atoms with Crippen LogP contribution in [0, 0.1) is 17.6 Å². The number of rotatable bonds is 7. The second kappa shape index (κ2) is 9.97. The zero-order valence-corrected chi connectivity index (χ0v) is 19.2. The van der Waals surface area contributed by atoms with Gasteiger partial charge in [0.15, 0.2) is 11.6 Å². The molecule has 2 heterocycles. The van der Waals surface area contributed by atoms with Crippen LogP contribution in [0.2, 0.25) is 0 Å². The molecule has 1 fully saturated rings. The molecule has 1 saturated heterocycles. The van der Waals surface area contributed by atoms with Crippen molar-refractivity contribution in [2.24, 2.45) is 5.92 Å². The average Bonchev–Trinajstić information content (AvgIpc) is 3.15. The van der Waals surface area contributed by atoms with Gasteiger partial charge in [0.2, 0.25) is 5.91 Å². The molecule has 0 saturated carbocycles. The summed E-state index contributed by atoms with van der Waals surface area (Å²) in [6.45, 7) is 9.69. The van der Waals surface area contributed by atoms with Gasteiger partial charge < -0.3 is 14.6 Å². The van der Waals surface area contributed by atoms with Crippen LogP contribution in [0.4, 0.5) is 8.78 Å². The van der Waals surface area contributed by atoms with Gasteiger partial charge in [-0.3, -0.25) is 9.69 Å². The van der Waals surface area contributed by atoms with Crippen LogP contribution in [0.25, 0.3) is 11.0 Å². The topological polar surface area (TPSA) is 59.4 Å². The summed E-state index contributed by atoms with van der Waals surface area (Å²) < 4.78 is 34.6. The van der Waals surface area contributed by atoms with E-state index in [1.165, 1.54) is 11.9 Å². The second-order valence-electron chi connectivity index (χ2n) is 9.05. The predicted octanol–water partition coefficient (Wildman–Crippen LogP) is 4.05. The normalized spacial score (nSPS) is 18.1. The van der Waals surface area contributed by atoms with Gasteiger partial charge in [0, 0.05) is 38.3 Å². The number of halogens is 2. The molecule has 1 N–H and O–H groups in total.